The highest BCUT2D eigenvalue weighted by molar-refractivity contribution is 7.92. The van der Waals surface area contributed by atoms with E-state index in [-0.39, 0.29) is 17.0 Å². The Morgan fingerprint density at radius 3 is 2.21 bits per heavy atom. The normalized spacial score (nSPS) is 12.1. The number of anilines is 1. The van der Waals surface area contributed by atoms with Gasteiger partial charge >= 0.3 is 0 Å². The molecule has 0 bridgehead atoms. The molecule has 1 N–H and O–H groups in total. The van der Waals surface area contributed by atoms with Gasteiger partial charge in [-0.1, -0.05) is 48.0 Å². The Hall–Kier alpha value is -3.72. The summed E-state index contributed by atoms with van der Waals surface area (Å²) >= 11 is 0. The van der Waals surface area contributed by atoms with Gasteiger partial charge in [-0.15, -0.1) is 0 Å². The largest absolute Gasteiger partial charge is 0.355 e. The lowest BCUT2D eigenvalue weighted by Gasteiger charge is -2.32. The molecule has 3 aromatic rings. The van der Waals surface area contributed by atoms with E-state index in [4.69, 9.17) is 0 Å². The third-order valence-corrected chi connectivity index (χ3v) is 8.11. The molecule has 0 aliphatic carbocycles. The molecule has 0 radical (unpaired) electrons. The summed E-state index contributed by atoms with van der Waals surface area (Å²) in [7, 11) is -4.16. The van der Waals surface area contributed by atoms with Crippen LogP contribution in [0, 0.1) is 26.6 Å². The summed E-state index contributed by atoms with van der Waals surface area (Å²) in [6.45, 7) is 8.33. The number of benzene rings is 3. The maximum Gasteiger partial charge on any atom is 0.264 e. The first-order valence-corrected chi connectivity index (χ1v) is 13.9. The predicted molar refractivity (Wildman–Crippen MR) is 147 cm³/mol. The minimum Gasteiger partial charge on any atom is -0.355 e. The Labute approximate surface area is 224 Å². The average Bonchev–Trinajstić information content (AvgIpc) is 2.88. The van der Waals surface area contributed by atoms with E-state index >= 15 is 0 Å². The number of rotatable bonds is 10. The van der Waals surface area contributed by atoms with Gasteiger partial charge in [0.15, 0.2) is 0 Å². The second-order valence-corrected chi connectivity index (χ2v) is 11.2. The van der Waals surface area contributed by atoms with Crippen LogP contribution in [-0.2, 0) is 26.2 Å². The fourth-order valence-corrected chi connectivity index (χ4v) is 5.52. The van der Waals surface area contributed by atoms with E-state index in [1.165, 1.54) is 35.2 Å². The number of aryl methyl sites for hydroxylation is 3. The van der Waals surface area contributed by atoms with E-state index < -0.39 is 40.2 Å². The summed E-state index contributed by atoms with van der Waals surface area (Å²) in [4.78, 5) is 27.8. The van der Waals surface area contributed by atoms with Gasteiger partial charge in [0.05, 0.1) is 10.6 Å². The van der Waals surface area contributed by atoms with Crippen molar-refractivity contribution in [2.24, 2.45) is 0 Å². The van der Waals surface area contributed by atoms with Crippen molar-refractivity contribution in [3.63, 3.8) is 0 Å². The Morgan fingerprint density at radius 1 is 0.947 bits per heavy atom. The molecule has 0 fully saturated rings. The molecule has 38 heavy (non-hydrogen) atoms. The fraction of sp³-hybridized carbons (Fsp3) is 0.310. The zero-order chi connectivity index (χ0) is 28.0. The lowest BCUT2D eigenvalue weighted by atomic mass is 10.1. The van der Waals surface area contributed by atoms with Gasteiger partial charge in [0.2, 0.25) is 11.8 Å². The Bertz CT molecular complexity index is 1410. The second-order valence-electron chi connectivity index (χ2n) is 9.30. The number of nitrogens with zero attached hydrogens (tertiary/aromatic N) is 2. The van der Waals surface area contributed by atoms with Crippen LogP contribution in [0.2, 0.25) is 0 Å². The van der Waals surface area contributed by atoms with Crippen molar-refractivity contribution in [1.29, 1.82) is 0 Å². The fourth-order valence-electron chi connectivity index (χ4n) is 4.05. The number of likely N-dealkylation sites (N-methyl/N-ethyl adjacent to an activating group) is 1. The summed E-state index contributed by atoms with van der Waals surface area (Å²) in [5.41, 5.74) is 2.95. The number of hydrogen-bond donors (Lipinski definition) is 1. The lowest BCUT2D eigenvalue weighted by Crippen LogP contribution is -2.51. The zero-order valence-corrected chi connectivity index (χ0v) is 23.2. The third kappa shape index (κ3) is 6.58. The number of carbonyl (C=O) groups excluding carboxylic acids is 2. The molecule has 0 saturated heterocycles. The predicted octanol–water partition coefficient (Wildman–Crippen LogP) is 4.50. The van der Waals surface area contributed by atoms with Crippen molar-refractivity contribution < 1.29 is 22.4 Å². The van der Waals surface area contributed by atoms with Crippen LogP contribution >= 0.6 is 0 Å². The summed E-state index contributed by atoms with van der Waals surface area (Å²) in [5, 5.41) is 2.69. The second kappa shape index (κ2) is 12.2. The maximum absolute atomic E-state index is 14.5. The number of sulfonamides is 1. The molecule has 2 amide bonds. The molecular formula is C29H34FN3O4S. The van der Waals surface area contributed by atoms with E-state index in [0.717, 1.165) is 15.4 Å². The van der Waals surface area contributed by atoms with Crippen LogP contribution in [0.3, 0.4) is 0 Å². The molecule has 3 rings (SSSR count). The molecule has 0 heterocycles. The monoisotopic (exact) mass is 539 g/mol. The molecule has 1 atom stereocenters. The van der Waals surface area contributed by atoms with E-state index in [9.17, 15) is 22.4 Å². The SMILES string of the molecule is CCNC(=O)[C@H](C)N(Cc1ccccc1F)C(=O)CN(c1cc(C)ccc1C)S(=O)(=O)c1ccc(C)cc1. The molecule has 0 unspecified atom stereocenters. The summed E-state index contributed by atoms with van der Waals surface area (Å²) in [6.07, 6.45) is 0. The molecule has 0 saturated carbocycles. The van der Waals surface area contributed by atoms with E-state index in [1.54, 1.807) is 51.1 Å². The topological polar surface area (TPSA) is 86.8 Å². The van der Waals surface area contributed by atoms with Crippen molar-refractivity contribution in [2.75, 3.05) is 17.4 Å². The number of nitrogens with one attached hydrogen (secondary N) is 1. The number of halogens is 1. The van der Waals surface area contributed by atoms with Gasteiger partial charge in [0.25, 0.3) is 10.0 Å². The molecule has 0 aromatic heterocycles. The summed E-state index contributed by atoms with van der Waals surface area (Å²) in [6, 6.07) is 16.8. The molecule has 0 aliphatic rings. The van der Waals surface area contributed by atoms with Crippen LogP contribution in [0.5, 0.6) is 0 Å². The highest BCUT2D eigenvalue weighted by Crippen LogP contribution is 2.29. The van der Waals surface area contributed by atoms with Gasteiger partial charge in [-0.05, 0) is 70.0 Å². The molecule has 3 aromatic carbocycles. The first-order chi connectivity index (χ1) is 17.9. The quantitative estimate of drug-likeness (QED) is 0.411. The van der Waals surface area contributed by atoms with Crippen LogP contribution in [0.4, 0.5) is 10.1 Å². The smallest absolute Gasteiger partial charge is 0.264 e. The number of hydrogen-bond acceptors (Lipinski definition) is 4. The van der Waals surface area contributed by atoms with Gasteiger partial charge < -0.3 is 10.2 Å². The van der Waals surface area contributed by atoms with Crippen molar-refractivity contribution in [3.05, 3.63) is 94.8 Å². The molecule has 0 spiro atoms. The highest BCUT2D eigenvalue weighted by Gasteiger charge is 2.33. The van der Waals surface area contributed by atoms with Crippen molar-refractivity contribution >= 4 is 27.5 Å². The van der Waals surface area contributed by atoms with Crippen LogP contribution in [0.1, 0.15) is 36.1 Å². The minimum atomic E-state index is -4.16. The van der Waals surface area contributed by atoms with Crippen LogP contribution < -0.4 is 9.62 Å². The molecule has 0 aliphatic heterocycles. The van der Waals surface area contributed by atoms with Gasteiger partial charge in [-0.2, -0.15) is 0 Å². The minimum absolute atomic E-state index is 0.0363. The number of amides is 2. The standard InChI is InChI=1S/C29H34FN3O4S/c1-6-31-29(35)23(5)32(18-24-9-7-8-10-26(24)30)28(34)19-33(27-17-21(3)11-14-22(27)4)38(36,37)25-15-12-20(2)13-16-25/h7-17,23H,6,18-19H2,1-5H3,(H,31,35)/t23-/m0/s1. The van der Waals surface area contributed by atoms with Crippen molar-refractivity contribution in [2.45, 2.75) is 52.1 Å². The Morgan fingerprint density at radius 2 is 1.58 bits per heavy atom. The van der Waals surface area contributed by atoms with E-state index in [2.05, 4.69) is 5.32 Å². The van der Waals surface area contributed by atoms with Crippen molar-refractivity contribution in [3.8, 4) is 0 Å². The Kier molecular flexibility index (Phi) is 9.27. The third-order valence-electron chi connectivity index (χ3n) is 6.34. The number of carbonyl (C=O) groups is 2. The molecule has 9 heteroatoms. The first kappa shape index (κ1) is 28.8. The molecule has 7 nitrogen and oxygen atoms in total. The van der Waals surface area contributed by atoms with Crippen molar-refractivity contribution in [1.82, 2.24) is 10.2 Å². The van der Waals surface area contributed by atoms with Gasteiger partial charge in [0, 0.05) is 18.7 Å². The van der Waals surface area contributed by atoms with Crippen LogP contribution in [0.25, 0.3) is 0 Å². The molecular weight excluding hydrogens is 505 g/mol. The van der Waals surface area contributed by atoms with Gasteiger partial charge in [-0.3, -0.25) is 13.9 Å². The van der Waals surface area contributed by atoms with E-state index in [0.29, 0.717) is 17.8 Å². The van der Waals surface area contributed by atoms with Crippen LogP contribution in [-0.4, -0.2) is 44.3 Å². The van der Waals surface area contributed by atoms with E-state index in [1.807, 2.05) is 19.9 Å². The lowest BCUT2D eigenvalue weighted by molar-refractivity contribution is -0.139. The summed E-state index contributed by atoms with van der Waals surface area (Å²) in [5.74, 6) is -1.58. The Balaban J connectivity index is 2.09. The summed E-state index contributed by atoms with van der Waals surface area (Å²) < 4.78 is 43.4. The maximum atomic E-state index is 14.5. The first-order valence-electron chi connectivity index (χ1n) is 12.4. The molecule has 202 valence electrons. The van der Waals surface area contributed by atoms with Crippen LogP contribution in [0.15, 0.2) is 71.6 Å². The zero-order valence-electron chi connectivity index (χ0n) is 22.4. The van der Waals surface area contributed by atoms with Gasteiger partial charge in [0.1, 0.15) is 18.4 Å². The average molecular weight is 540 g/mol. The highest BCUT2D eigenvalue weighted by atomic mass is 32.2. The van der Waals surface area contributed by atoms with Gasteiger partial charge in [-0.25, -0.2) is 12.8 Å².